The summed E-state index contributed by atoms with van der Waals surface area (Å²) in [6.45, 7) is 1.97. The zero-order valence-corrected chi connectivity index (χ0v) is 8.59. The average molecular weight is 246 g/mol. The summed E-state index contributed by atoms with van der Waals surface area (Å²) < 4.78 is 2.69. The Balaban J connectivity index is 2.97. The van der Waals surface area contributed by atoms with Crippen molar-refractivity contribution in [2.75, 3.05) is 0 Å². The molecule has 0 aromatic carbocycles. The number of hydrogen-bond donors (Lipinski definition) is 0. The number of aryl methyl sites for hydroxylation is 1. The fourth-order valence-corrected chi connectivity index (χ4v) is 1.74. The van der Waals surface area contributed by atoms with Crippen LogP contribution in [0.3, 0.4) is 0 Å². The average Bonchev–Trinajstić information content (AvgIpc) is 2.29. The third-order valence-corrected chi connectivity index (χ3v) is 2.80. The lowest BCUT2D eigenvalue weighted by atomic mass is 10.3. The third kappa shape index (κ3) is 1.03. The van der Waals surface area contributed by atoms with Crippen molar-refractivity contribution in [3.05, 3.63) is 27.7 Å². The van der Waals surface area contributed by atoms with E-state index in [2.05, 4.69) is 26.0 Å². The van der Waals surface area contributed by atoms with Crippen molar-refractivity contribution < 1.29 is 0 Å². The van der Waals surface area contributed by atoms with Crippen LogP contribution in [0, 0.1) is 6.92 Å². The second kappa shape index (κ2) is 2.71. The number of fused-ring (bicyclic) bond motifs is 1. The summed E-state index contributed by atoms with van der Waals surface area (Å²) in [5.74, 6) is 0. The number of aromatic nitrogens is 3. The topological polar surface area (TPSA) is 30.2 Å². The van der Waals surface area contributed by atoms with Crippen LogP contribution in [0.5, 0.6) is 0 Å². The predicted octanol–water partition coefficient (Wildman–Crippen LogP) is 2.45. The van der Waals surface area contributed by atoms with Crippen LogP contribution in [-0.4, -0.2) is 14.6 Å². The number of hydrogen-bond acceptors (Lipinski definition) is 2. The molecule has 2 aromatic heterocycles. The van der Waals surface area contributed by atoms with Gasteiger partial charge in [-0.3, -0.25) is 0 Å². The Morgan fingerprint density at radius 2 is 2.33 bits per heavy atom. The number of rotatable bonds is 0. The van der Waals surface area contributed by atoms with Crippen molar-refractivity contribution in [3.63, 3.8) is 0 Å². The molecule has 0 aliphatic heterocycles. The summed E-state index contributed by atoms with van der Waals surface area (Å²) in [5, 5.41) is 4.49. The Hall–Kier alpha value is -0.610. The Morgan fingerprint density at radius 1 is 1.58 bits per heavy atom. The Kier molecular flexibility index (Phi) is 1.81. The highest BCUT2D eigenvalue weighted by Crippen LogP contribution is 2.25. The summed E-state index contributed by atoms with van der Waals surface area (Å²) in [5.41, 5.74) is 1.91. The molecule has 0 amide bonds. The molecule has 0 fully saturated rings. The van der Waals surface area contributed by atoms with Crippen molar-refractivity contribution in [1.82, 2.24) is 14.6 Å². The molecule has 2 rings (SSSR count). The van der Waals surface area contributed by atoms with E-state index in [-0.39, 0.29) is 0 Å². The summed E-state index contributed by atoms with van der Waals surface area (Å²) in [6.07, 6.45) is 3.29. The molecular weight excluding hydrogens is 241 g/mol. The van der Waals surface area contributed by atoms with Crippen molar-refractivity contribution in [1.29, 1.82) is 0 Å². The first-order chi connectivity index (χ1) is 5.70. The van der Waals surface area contributed by atoms with Gasteiger partial charge in [0, 0.05) is 10.7 Å². The highest BCUT2D eigenvalue weighted by atomic mass is 79.9. The van der Waals surface area contributed by atoms with E-state index in [4.69, 9.17) is 11.6 Å². The Morgan fingerprint density at radius 3 is 3.00 bits per heavy atom. The lowest BCUT2D eigenvalue weighted by Crippen LogP contribution is -1.91. The van der Waals surface area contributed by atoms with Crippen LogP contribution in [-0.2, 0) is 0 Å². The maximum atomic E-state index is 5.88. The lowest BCUT2D eigenvalue weighted by Gasteiger charge is -1.94. The number of nitrogens with zero attached hydrogens (tertiary/aromatic N) is 3. The predicted molar refractivity (Wildman–Crippen MR) is 50.4 cm³/mol. The molecule has 0 unspecified atom stereocenters. The van der Waals surface area contributed by atoms with E-state index in [1.807, 2.05) is 13.1 Å². The Labute approximate surface area is 82.5 Å². The first-order valence-corrected chi connectivity index (χ1v) is 4.51. The van der Waals surface area contributed by atoms with Gasteiger partial charge in [-0.25, -0.2) is 9.50 Å². The van der Waals surface area contributed by atoms with Crippen LogP contribution in [0.4, 0.5) is 0 Å². The quantitative estimate of drug-likeness (QED) is 0.715. The maximum absolute atomic E-state index is 5.88. The van der Waals surface area contributed by atoms with E-state index in [9.17, 15) is 0 Å². The zero-order valence-electron chi connectivity index (χ0n) is 6.25. The van der Waals surface area contributed by atoms with E-state index in [0.717, 1.165) is 15.6 Å². The van der Waals surface area contributed by atoms with E-state index in [1.54, 1.807) is 4.52 Å². The normalized spacial score (nSPS) is 10.9. The molecule has 0 spiro atoms. The molecule has 0 atom stereocenters. The molecule has 3 nitrogen and oxygen atoms in total. The molecule has 2 aromatic rings. The molecule has 2 heterocycles. The molecule has 0 radical (unpaired) electrons. The fourth-order valence-electron chi connectivity index (χ4n) is 1.09. The number of halogens is 2. The molecule has 0 bridgehead atoms. The van der Waals surface area contributed by atoms with Gasteiger partial charge in [-0.1, -0.05) is 11.6 Å². The molecule has 0 saturated heterocycles. The van der Waals surface area contributed by atoms with Crippen molar-refractivity contribution in [2.24, 2.45) is 0 Å². The monoisotopic (exact) mass is 245 g/mol. The molecule has 5 heteroatoms. The van der Waals surface area contributed by atoms with Gasteiger partial charge >= 0.3 is 0 Å². The molecule has 0 N–H and O–H groups in total. The molecule has 0 aliphatic carbocycles. The summed E-state index contributed by atoms with van der Waals surface area (Å²) in [4.78, 5) is 3.89. The minimum Gasteiger partial charge on any atom is -0.235 e. The van der Waals surface area contributed by atoms with E-state index < -0.39 is 0 Å². The Bertz CT molecular complexity index is 437. The van der Waals surface area contributed by atoms with Crippen molar-refractivity contribution in [2.45, 2.75) is 6.92 Å². The van der Waals surface area contributed by atoms with Crippen LogP contribution in [0.15, 0.2) is 17.0 Å². The highest BCUT2D eigenvalue weighted by molar-refractivity contribution is 9.10. The van der Waals surface area contributed by atoms with Gasteiger partial charge in [0.1, 0.15) is 11.8 Å². The van der Waals surface area contributed by atoms with Crippen LogP contribution in [0.1, 0.15) is 5.56 Å². The third-order valence-electron chi connectivity index (χ3n) is 1.72. The van der Waals surface area contributed by atoms with Crippen LogP contribution in [0.2, 0.25) is 5.15 Å². The van der Waals surface area contributed by atoms with Gasteiger partial charge in [0.05, 0.1) is 0 Å². The highest BCUT2D eigenvalue weighted by Gasteiger charge is 2.08. The molecule has 0 aliphatic rings. The minimum atomic E-state index is 0.480. The van der Waals surface area contributed by atoms with Gasteiger partial charge in [-0.15, -0.1) is 0 Å². The fraction of sp³-hybridized carbons (Fsp3) is 0.143. The SMILES string of the molecule is Cc1c(Br)cn2ncnc(Cl)c12. The van der Waals surface area contributed by atoms with Gasteiger partial charge in [0.2, 0.25) is 0 Å². The first kappa shape index (κ1) is 8.01. The zero-order chi connectivity index (χ0) is 8.72. The van der Waals surface area contributed by atoms with E-state index in [0.29, 0.717) is 5.15 Å². The van der Waals surface area contributed by atoms with Crippen molar-refractivity contribution >= 4 is 33.0 Å². The second-order valence-corrected chi connectivity index (χ2v) is 3.66. The summed E-state index contributed by atoms with van der Waals surface area (Å²) in [7, 11) is 0. The van der Waals surface area contributed by atoms with Crippen molar-refractivity contribution in [3.8, 4) is 0 Å². The second-order valence-electron chi connectivity index (χ2n) is 2.45. The van der Waals surface area contributed by atoms with E-state index >= 15 is 0 Å². The van der Waals surface area contributed by atoms with E-state index in [1.165, 1.54) is 6.33 Å². The summed E-state index contributed by atoms with van der Waals surface area (Å²) >= 11 is 9.28. The smallest absolute Gasteiger partial charge is 0.156 e. The van der Waals surface area contributed by atoms with Crippen LogP contribution >= 0.6 is 27.5 Å². The molecule has 62 valence electrons. The maximum Gasteiger partial charge on any atom is 0.156 e. The van der Waals surface area contributed by atoms with Gasteiger partial charge in [0.25, 0.3) is 0 Å². The standard InChI is InChI=1S/C7H5BrClN3/c1-4-5(8)2-12-6(4)7(9)10-3-11-12/h2-3H,1H3. The summed E-state index contributed by atoms with van der Waals surface area (Å²) in [6, 6.07) is 0. The van der Waals surface area contributed by atoms with Crippen LogP contribution in [0.25, 0.3) is 5.52 Å². The van der Waals surface area contributed by atoms with Gasteiger partial charge in [-0.05, 0) is 28.4 Å². The van der Waals surface area contributed by atoms with Gasteiger partial charge in [0.15, 0.2) is 5.15 Å². The molecule has 0 saturated carbocycles. The first-order valence-electron chi connectivity index (χ1n) is 3.34. The van der Waals surface area contributed by atoms with Gasteiger partial charge in [-0.2, -0.15) is 5.10 Å². The molecular formula is C7H5BrClN3. The van der Waals surface area contributed by atoms with Gasteiger partial charge < -0.3 is 0 Å². The molecule has 12 heavy (non-hydrogen) atoms. The lowest BCUT2D eigenvalue weighted by molar-refractivity contribution is 0.901. The largest absolute Gasteiger partial charge is 0.235 e. The minimum absolute atomic E-state index is 0.480. The van der Waals surface area contributed by atoms with Crippen LogP contribution < -0.4 is 0 Å².